The molecule has 0 fully saturated rings. The zero-order valence-corrected chi connectivity index (χ0v) is 8.09. The number of carbonyl (C=O) groups is 1. The molecule has 0 atom stereocenters. The Morgan fingerprint density at radius 1 is 1.50 bits per heavy atom. The second-order valence-electron chi connectivity index (χ2n) is 3.08. The highest BCUT2D eigenvalue weighted by Gasteiger charge is 2.11. The Morgan fingerprint density at radius 2 is 2.31 bits per heavy atom. The van der Waals surface area contributed by atoms with Gasteiger partial charge in [-0.2, -0.15) is 10.4 Å². The van der Waals surface area contributed by atoms with E-state index in [1.807, 2.05) is 6.07 Å². The van der Waals surface area contributed by atoms with Crippen LogP contribution < -0.4 is 0 Å². The van der Waals surface area contributed by atoms with Crippen LogP contribution >= 0.6 is 0 Å². The second-order valence-corrected chi connectivity index (χ2v) is 3.08. The van der Waals surface area contributed by atoms with Crippen molar-refractivity contribution in [2.75, 3.05) is 0 Å². The fraction of sp³-hybridized carbons (Fsp3) is 0. The third-order valence-electron chi connectivity index (χ3n) is 2.07. The first-order valence-electron chi connectivity index (χ1n) is 4.45. The maximum Gasteiger partial charge on any atom is 0.153 e. The molecular formula is C11H6FN3O. The molecule has 0 unspecified atom stereocenters. The second kappa shape index (κ2) is 3.95. The zero-order valence-electron chi connectivity index (χ0n) is 8.09. The van der Waals surface area contributed by atoms with Crippen LogP contribution in [0.2, 0.25) is 0 Å². The average Bonchev–Trinajstić information content (AvgIpc) is 2.76. The average molecular weight is 215 g/mol. The number of hydrogen-bond acceptors (Lipinski definition) is 3. The lowest BCUT2D eigenvalue weighted by Crippen LogP contribution is -2.01. The molecule has 1 aromatic heterocycles. The van der Waals surface area contributed by atoms with Crippen LogP contribution in [0.25, 0.3) is 5.69 Å². The molecule has 0 saturated carbocycles. The van der Waals surface area contributed by atoms with E-state index < -0.39 is 5.82 Å². The molecule has 4 nitrogen and oxygen atoms in total. The number of hydrogen-bond donors (Lipinski definition) is 0. The van der Waals surface area contributed by atoms with Crippen molar-refractivity contribution in [3.05, 3.63) is 47.5 Å². The van der Waals surface area contributed by atoms with Gasteiger partial charge in [0, 0.05) is 6.20 Å². The van der Waals surface area contributed by atoms with Crippen LogP contribution in [0.15, 0.2) is 30.6 Å². The first-order valence-corrected chi connectivity index (χ1v) is 4.45. The quantitative estimate of drug-likeness (QED) is 0.716. The van der Waals surface area contributed by atoms with E-state index in [4.69, 9.17) is 5.26 Å². The molecule has 16 heavy (non-hydrogen) atoms. The van der Waals surface area contributed by atoms with E-state index >= 15 is 0 Å². The van der Waals surface area contributed by atoms with E-state index in [0.29, 0.717) is 11.8 Å². The maximum absolute atomic E-state index is 13.5. The van der Waals surface area contributed by atoms with Crippen molar-refractivity contribution in [3.63, 3.8) is 0 Å². The number of benzene rings is 1. The first kappa shape index (κ1) is 10.1. The van der Waals surface area contributed by atoms with Crippen molar-refractivity contribution < 1.29 is 9.18 Å². The zero-order chi connectivity index (χ0) is 11.5. The maximum atomic E-state index is 13.5. The van der Waals surface area contributed by atoms with E-state index in [1.54, 1.807) is 0 Å². The molecule has 2 aromatic rings. The molecule has 0 aliphatic carbocycles. The van der Waals surface area contributed by atoms with Gasteiger partial charge in [-0.05, 0) is 12.1 Å². The third kappa shape index (κ3) is 1.57. The fourth-order valence-corrected chi connectivity index (χ4v) is 1.36. The van der Waals surface area contributed by atoms with Gasteiger partial charge in [0.25, 0.3) is 0 Å². The van der Waals surface area contributed by atoms with Gasteiger partial charge in [0.05, 0.1) is 17.3 Å². The number of nitrogens with zero attached hydrogens (tertiary/aromatic N) is 3. The van der Waals surface area contributed by atoms with Crippen molar-refractivity contribution in [2.45, 2.75) is 0 Å². The monoisotopic (exact) mass is 215 g/mol. The number of aromatic nitrogens is 2. The van der Waals surface area contributed by atoms with Gasteiger partial charge in [0.2, 0.25) is 0 Å². The molecule has 0 N–H and O–H groups in total. The van der Waals surface area contributed by atoms with Gasteiger partial charge in [-0.25, -0.2) is 9.07 Å². The van der Waals surface area contributed by atoms with Crippen molar-refractivity contribution in [3.8, 4) is 11.8 Å². The van der Waals surface area contributed by atoms with E-state index in [9.17, 15) is 9.18 Å². The van der Waals surface area contributed by atoms with Crippen molar-refractivity contribution in [2.24, 2.45) is 0 Å². The normalized spacial score (nSPS) is 9.75. The summed E-state index contributed by atoms with van der Waals surface area (Å²) in [5.41, 5.74) is 0.547. The van der Waals surface area contributed by atoms with Crippen LogP contribution in [-0.2, 0) is 0 Å². The molecule has 0 bridgehead atoms. The molecule has 1 aromatic carbocycles. The van der Waals surface area contributed by atoms with Gasteiger partial charge in [0.1, 0.15) is 17.6 Å². The van der Waals surface area contributed by atoms with E-state index in [-0.39, 0.29) is 11.3 Å². The molecule has 1 heterocycles. The number of halogens is 1. The molecule has 0 spiro atoms. The minimum atomic E-state index is -0.556. The van der Waals surface area contributed by atoms with Crippen molar-refractivity contribution in [1.29, 1.82) is 5.26 Å². The van der Waals surface area contributed by atoms with Crippen LogP contribution in [0.4, 0.5) is 4.39 Å². The minimum Gasteiger partial charge on any atom is -0.298 e. The molecule has 0 aliphatic rings. The standard InChI is InChI=1S/C11H6FN3O/c12-10-3-1-2-9(4-13)11(10)15-6-8(7-16)5-14-15/h1-3,5-7H. The molecule has 2 rings (SSSR count). The van der Waals surface area contributed by atoms with Gasteiger partial charge in [0.15, 0.2) is 6.29 Å². The Kier molecular flexibility index (Phi) is 2.48. The van der Waals surface area contributed by atoms with Gasteiger partial charge in [-0.3, -0.25) is 4.79 Å². The fourth-order valence-electron chi connectivity index (χ4n) is 1.36. The summed E-state index contributed by atoms with van der Waals surface area (Å²) in [6, 6.07) is 6.04. The Morgan fingerprint density at radius 3 is 2.94 bits per heavy atom. The molecule has 78 valence electrons. The van der Waals surface area contributed by atoms with Gasteiger partial charge in [-0.15, -0.1) is 0 Å². The smallest absolute Gasteiger partial charge is 0.153 e. The van der Waals surface area contributed by atoms with E-state index in [0.717, 1.165) is 0 Å². The summed E-state index contributed by atoms with van der Waals surface area (Å²) in [6.07, 6.45) is 3.28. The van der Waals surface area contributed by atoms with Crippen LogP contribution in [0.3, 0.4) is 0 Å². The summed E-state index contributed by atoms with van der Waals surface area (Å²) in [6.45, 7) is 0. The van der Waals surface area contributed by atoms with Crippen molar-refractivity contribution >= 4 is 6.29 Å². The molecule has 0 aliphatic heterocycles. The predicted molar refractivity (Wildman–Crippen MR) is 53.6 cm³/mol. The highest BCUT2D eigenvalue weighted by atomic mass is 19.1. The number of aldehydes is 1. The molecule has 0 saturated heterocycles. The number of nitriles is 1. The summed E-state index contributed by atoms with van der Waals surface area (Å²) in [5, 5.41) is 12.7. The lowest BCUT2D eigenvalue weighted by Gasteiger charge is -2.04. The Balaban J connectivity index is 2.63. The summed E-state index contributed by atoms with van der Waals surface area (Å²) in [7, 11) is 0. The Bertz CT molecular complexity index is 583. The largest absolute Gasteiger partial charge is 0.298 e. The number of carbonyl (C=O) groups excluding carboxylic acids is 1. The molecule has 5 heteroatoms. The van der Waals surface area contributed by atoms with Crippen LogP contribution in [0, 0.1) is 17.1 Å². The Hall–Kier alpha value is -2.48. The number of rotatable bonds is 2. The molecule has 0 radical (unpaired) electrons. The predicted octanol–water partition coefficient (Wildman–Crippen LogP) is 1.70. The summed E-state index contributed by atoms with van der Waals surface area (Å²) >= 11 is 0. The SMILES string of the molecule is N#Cc1cccc(F)c1-n1cc(C=O)cn1. The Labute approximate surface area is 90.5 Å². The van der Waals surface area contributed by atoms with Crippen LogP contribution in [0.1, 0.15) is 15.9 Å². The van der Waals surface area contributed by atoms with Crippen molar-refractivity contribution in [1.82, 2.24) is 9.78 Å². The highest BCUT2D eigenvalue weighted by Crippen LogP contribution is 2.17. The van der Waals surface area contributed by atoms with Gasteiger partial charge < -0.3 is 0 Å². The number of para-hydroxylation sites is 1. The summed E-state index contributed by atoms with van der Waals surface area (Å²) in [5.74, 6) is -0.556. The minimum absolute atomic E-state index is 0.0538. The van der Waals surface area contributed by atoms with E-state index in [2.05, 4.69) is 5.10 Å². The molecule has 0 amide bonds. The summed E-state index contributed by atoms with van der Waals surface area (Å²) < 4.78 is 14.7. The van der Waals surface area contributed by atoms with E-state index in [1.165, 1.54) is 35.3 Å². The molecular weight excluding hydrogens is 209 g/mol. The van der Waals surface area contributed by atoms with Gasteiger partial charge in [-0.1, -0.05) is 6.07 Å². The first-order chi connectivity index (χ1) is 7.76. The lowest BCUT2D eigenvalue weighted by atomic mass is 10.2. The summed E-state index contributed by atoms with van der Waals surface area (Å²) in [4.78, 5) is 10.5. The van der Waals surface area contributed by atoms with Crippen LogP contribution in [0.5, 0.6) is 0 Å². The van der Waals surface area contributed by atoms with Gasteiger partial charge >= 0.3 is 0 Å². The lowest BCUT2D eigenvalue weighted by molar-refractivity contribution is 0.112. The third-order valence-corrected chi connectivity index (χ3v) is 2.07. The topological polar surface area (TPSA) is 58.7 Å². The highest BCUT2D eigenvalue weighted by molar-refractivity contribution is 5.73. The van der Waals surface area contributed by atoms with Crippen LogP contribution in [-0.4, -0.2) is 16.1 Å².